The second-order valence-electron chi connectivity index (χ2n) is 4.57. The summed E-state index contributed by atoms with van der Waals surface area (Å²) in [4.78, 5) is 15.0. The zero-order valence-corrected chi connectivity index (χ0v) is 11.3. The third kappa shape index (κ3) is 4.28. The highest BCUT2D eigenvalue weighted by Crippen LogP contribution is 2.27. The number of amides is 1. The molecular weight excluding hydrogens is 300 g/mol. The van der Waals surface area contributed by atoms with Crippen molar-refractivity contribution in [3.05, 3.63) is 65.2 Å². The average molecular weight is 312 g/mol. The molecule has 116 valence electrons. The van der Waals surface area contributed by atoms with Crippen LogP contribution in [-0.2, 0) is 12.6 Å². The number of benzene rings is 1. The summed E-state index contributed by atoms with van der Waals surface area (Å²) in [6, 6.07) is 7.76. The van der Waals surface area contributed by atoms with Crippen molar-refractivity contribution < 1.29 is 22.4 Å². The first-order chi connectivity index (χ1) is 10.4. The Balaban J connectivity index is 1.90. The van der Waals surface area contributed by atoms with E-state index in [1.165, 1.54) is 12.1 Å². The molecule has 0 unspecified atom stereocenters. The Labute approximate surface area is 124 Å². The Kier molecular flexibility index (Phi) is 4.75. The van der Waals surface area contributed by atoms with Crippen molar-refractivity contribution in [2.75, 3.05) is 6.54 Å². The monoisotopic (exact) mass is 312 g/mol. The second kappa shape index (κ2) is 6.55. The molecule has 7 heteroatoms. The molecule has 3 nitrogen and oxygen atoms in total. The van der Waals surface area contributed by atoms with E-state index in [0.717, 1.165) is 18.3 Å². The van der Waals surface area contributed by atoms with E-state index in [4.69, 9.17) is 0 Å². The predicted octanol–water partition coefficient (Wildman–Crippen LogP) is 3.21. The number of carbonyl (C=O) groups is 1. The number of aromatic nitrogens is 1. The maximum atomic E-state index is 13.0. The van der Waals surface area contributed by atoms with Gasteiger partial charge in [-0.1, -0.05) is 12.1 Å². The number of nitrogens with one attached hydrogen (secondary N) is 1. The minimum Gasteiger partial charge on any atom is -0.352 e. The summed E-state index contributed by atoms with van der Waals surface area (Å²) in [5.41, 5.74) is -0.304. The number of halogens is 4. The number of carbonyl (C=O) groups excluding carboxylic acids is 1. The third-order valence-electron chi connectivity index (χ3n) is 2.90. The molecule has 0 radical (unpaired) electrons. The van der Waals surface area contributed by atoms with E-state index in [2.05, 4.69) is 10.3 Å². The van der Waals surface area contributed by atoms with Gasteiger partial charge >= 0.3 is 6.18 Å². The first kappa shape index (κ1) is 15.9. The molecule has 0 saturated heterocycles. The van der Waals surface area contributed by atoms with Gasteiger partial charge in [0, 0.05) is 12.7 Å². The van der Waals surface area contributed by atoms with Gasteiger partial charge < -0.3 is 5.32 Å². The van der Waals surface area contributed by atoms with Crippen LogP contribution in [0.4, 0.5) is 17.6 Å². The van der Waals surface area contributed by atoms with Crippen molar-refractivity contribution in [3.63, 3.8) is 0 Å². The van der Waals surface area contributed by atoms with E-state index < -0.39 is 17.8 Å². The Bertz CT molecular complexity index is 653. The van der Waals surface area contributed by atoms with Crippen LogP contribution in [0.15, 0.2) is 42.6 Å². The van der Waals surface area contributed by atoms with Crippen LogP contribution in [0, 0.1) is 5.82 Å². The normalized spacial score (nSPS) is 11.3. The van der Waals surface area contributed by atoms with Gasteiger partial charge in [-0.2, -0.15) is 13.2 Å². The van der Waals surface area contributed by atoms with Crippen molar-refractivity contribution >= 4 is 5.91 Å². The second-order valence-corrected chi connectivity index (χ2v) is 4.57. The van der Waals surface area contributed by atoms with Crippen LogP contribution in [0.3, 0.4) is 0 Å². The first-order valence-electron chi connectivity index (χ1n) is 6.42. The Morgan fingerprint density at radius 2 is 1.95 bits per heavy atom. The molecule has 22 heavy (non-hydrogen) atoms. The molecular formula is C15H12F4N2O. The SMILES string of the molecule is O=C(NCCc1cccc(F)c1)c1ccc(C(F)(F)F)nc1. The predicted molar refractivity (Wildman–Crippen MR) is 71.7 cm³/mol. The van der Waals surface area contributed by atoms with Crippen LogP contribution in [0.2, 0.25) is 0 Å². The van der Waals surface area contributed by atoms with E-state index in [-0.39, 0.29) is 17.9 Å². The Hall–Kier alpha value is -2.44. The Morgan fingerprint density at radius 1 is 1.18 bits per heavy atom. The number of hydrogen-bond donors (Lipinski definition) is 1. The largest absolute Gasteiger partial charge is 0.433 e. The van der Waals surface area contributed by atoms with Gasteiger partial charge in [0.2, 0.25) is 0 Å². The molecule has 0 saturated carbocycles. The summed E-state index contributed by atoms with van der Waals surface area (Å²) < 4.78 is 50.0. The zero-order valence-electron chi connectivity index (χ0n) is 11.3. The quantitative estimate of drug-likeness (QED) is 0.881. The minimum absolute atomic E-state index is 0.0345. The van der Waals surface area contributed by atoms with Crippen molar-refractivity contribution in [2.24, 2.45) is 0 Å². The summed E-state index contributed by atoms with van der Waals surface area (Å²) in [6.07, 6.45) is -3.25. The van der Waals surface area contributed by atoms with Crippen LogP contribution in [0.5, 0.6) is 0 Å². The third-order valence-corrected chi connectivity index (χ3v) is 2.90. The maximum Gasteiger partial charge on any atom is 0.433 e. The van der Waals surface area contributed by atoms with Crippen molar-refractivity contribution in [2.45, 2.75) is 12.6 Å². The number of hydrogen-bond acceptors (Lipinski definition) is 2. The summed E-state index contributed by atoms with van der Waals surface area (Å²) in [5, 5.41) is 2.54. The smallest absolute Gasteiger partial charge is 0.352 e. The fourth-order valence-electron chi connectivity index (χ4n) is 1.81. The lowest BCUT2D eigenvalue weighted by Crippen LogP contribution is -2.26. The van der Waals surface area contributed by atoms with Gasteiger partial charge in [0.05, 0.1) is 5.56 Å². The molecule has 0 aliphatic heterocycles. The van der Waals surface area contributed by atoms with Crippen LogP contribution in [0.1, 0.15) is 21.6 Å². The van der Waals surface area contributed by atoms with Crippen molar-refractivity contribution in [1.29, 1.82) is 0 Å². The van der Waals surface area contributed by atoms with Gasteiger partial charge in [0.25, 0.3) is 5.91 Å². The zero-order chi connectivity index (χ0) is 16.2. The van der Waals surface area contributed by atoms with Gasteiger partial charge in [-0.25, -0.2) is 4.39 Å². The molecule has 0 bridgehead atoms. The summed E-state index contributed by atoms with van der Waals surface area (Å²) in [5.74, 6) is -0.895. The highest BCUT2D eigenvalue weighted by molar-refractivity contribution is 5.93. The number of nitrogens with zero attached hydrogens (tertiary/aromatic N) is 1. The Morgan fingerprint density at radius 3 is 2.55 bits per heavy atom. The fourth-order valence-corrected chi connectivity index (χ4v) is 1.81. The lowest BCUT2D eigenvalue weighted by molar-refractivity contribution is -0.141. The first-order valence-corrected chi connectivity index (χ1v) is 6.42. The highest BCUT2D eigenvalue weighted by atomic mass is 19.4. The summed E-state index contributed by atoms with van der Waals surface area (Å²) in [7, 11) is 0. The van der Waals surface area contributed by atoms with Crippen LogP contribution in [-0.4, -0.2) is 17.4 Å². The highest BCUT2D eigenvalue weighted by Gasteiger charge is 2.32. The summed E-state index contributed by atoms with van der Waals surface area (Å²) in [6.45, 7) is 0.239. The summed E-state index contributed by atoms with van der Waals surface area (Å²) >= 11 is 0. The molecule has 2 rings (SSSR count). The molecule has 1 amide bonds. The lowest BCUT2D eigenvalue weighted by Gasteiger charge is -2.07. The molecule has 0 aliphatic carbocycles. The lowest BCUT2D eigenvalue weighted by atomic mass is 10.1. The van der Waals surface area contributed by atoms with Gasteiger partial charge in [-0.3, -0.25) is 9.78 Å². The van der Waals surface area contributed by atoms with E-state index in [1.54, 1.807) is 12.1 Å². The van der Waals surface area contributed by atoms with E-state index in [1.807, 2.05) is 0 Å². The van der Waals surface area contributed by atoms with E-state index >= 15 is 0 Å². The average Bonchev–Trinajstić information content (AvgIpc) is 2.46. The molecule has 1 heterocycles. The van der Waals surface area contributed by atoms with Crippen molar-refractivity contribution in [1.82, 2.24) is 10.3 Å². The maximum absolute atomic E-state index is 13.0. The van der Waals surface area contributed by atoms with Gasteiger partial charge in [-0.15, -0.1) is 0 Å². The number of alkyl halides is 3. The molecule has 1 N–H and O–H groups in total. The molecule has 0 atom stereocenters. The standard InChI is InChI=1S/C15H12F4N2O/c16-12-3-1-2-10(8-12)6-7-20-14(22)11-4-5-13(21-9-11)15(17,18)19/h1-5,8-9H,6-7H2,(H,20,22). The molecule has 0 aliphatic rings. The van der Waals surface area contributed by atoms with Gasteiger partial charge in [0.15, 0.2) is 0 Å². The van der Waals surface area contributed by atoms with Crippen LogP contribution in [0.25, 0.3) is 0 Å². The van der Waals surface area contributed by atoms with Gasteiger partial charge in [0.1, 0.15) is 11.5 Å². The topological polar surface area (TPSA) is 42.0 Å². The number of rotatable bonds is 4. The minimum atomic E-state index is -4.54. The van der Waals surface area contributed by atoms with E-state index in [9.17, 15) is 22.4 Å². The van der Waals surface area contributed by atoms with E-state index in [0.29, 0.717) is 12.0 Å². The number of pyridine rings is 1. The fraction of sp³-hybridized carbons (Fsp3) is 0.200. The molecule has 2 aromatic rings. The van der Waals surface area contributed by atoms with Crippen LogP contribution < -0.4 is 5.32 Å². The molecule has 0 spiro atoms. The molecule has 1 aromatic carbocycles. The molecule has 1 aromatic heterocycles. The van der Waals surface area contributed by atoms with Crippen LogP contribution >= 0.6 is 0 Å². The van der Waals surface area contributed by atoms with Gasteiger partial charge in [-0.05, 0) is 36.2 Å². The molecule has 0 fully saturated rings. The van der Waals surface area contributed by atoms with Crippen molar-refractivity contribution in [3.8, 4) is 0 Å².